The number of esters is 1. The number of ether oxygens (including phenoxy) is 1. The predicted octanol–water partition coefficient (Wildman–Crippen LogP) is 1.18. The van der Waals surface area contributed by atoms with Crippen LogP contribution < -0.4 is 5.32 Å². The van der Waals surface area contributed by atoms with Crippen molar-refractivity contribution >= 4 is 29.4 Å². The van der Waals surface area contributed by atoms with E-state index in [-0.39, 0.29) is 30.1 Å². The minimum Gasteiger partial charge on any atom is -0.456 e. The zero-order valence-electron chi connectivity index (χ0n) is 15.0. The SMILES string of the molecule is O=C(COC(=O)CCN1C(=O)c2cccc([N+](=O)[O-])c2C1=O)NC1CCCC1. The maximum absolute atomic E-state index is 12.4. The third-order valence-electron chi connectivity index (χ3n) is 4.80. The second-order valence-electron chi connectivity index (χ2n) is 6.68. The number of nitrogens with zero attached hydrogens (tertiary/aromatic N) is 2. The molecule has 1 fully saturated rings. The summed E-state index contributed by atoms with van der Waals surface area (Å²) < 4.78 is 4.87. The van der Waals surface area contributed by atoms with Crippen LogP contribution in [0.1, 0.15) is 52.8 Å². The molecule has 0 atom stereocenters. The summed E-state index contributed by atoms with van der Waals surface area (Å²) in [4.78, 5) is 59.4. The van der Waals surface area contributed by atoms with E-state index in [4.69, 9.17) is 4.74 Å². The molecule has 3 rings (SSSR count). The van der Waals surface area contributed by atoms with Crippen molar-refractivity contribution in [2.45, 2.75) is 38.1 Å². The van der Waals surface area contributed by atoms with Gasteiger partial charge >= 0.3 is 5.97 Å². The molecule has 10 nitrogen and oxygen atoms in total. The minimum absolute atomic E-state index is 0.0662. The smallest absolute Gasteiger partial charge is 0.308 e. The van der Waals surface area contributed by atoms with Gasteiger partial charge in [-0.15, -0.1) is 0 Å². The topological polar surface area (TPSA) is 136 Å². The summed E-state index contributed by atoms with van der Waals surface area (Å²) in [5.74, 6) is -2.65. The molecule has 0 unspecified atom stereocenters. The van der Waals surface area contributed by atoms with Crippen LogP contribution in [0, 0.1) is 10.1 Å². The van der Waals surface area contributed by atoms with E-state index in [1.807, 2.05) is 0 Å². The van der Waals surface area contributed by atoms with Crippen LogP contribution in [0.15, 0.2) is 18.2 Å². The van der Waals surface area contributed by atoms with Gasteiger partial charge in [0.1, 0.15) is 5.56 Å². The number of nitro benzene ring substituents is 1. The zero-order valence-corrected chi connectivity index (χ0v) is 15.0. The molecular formula is C18H19N3O7. The molecule has 3 amide bonds. The number of rotatable bonds is 7. The summed E-state index contributed by atoms with van der Waals surface area (Å²) >= 11 is 0. The van der Waals surface area contributed by atoms with Crippen LogP contribution in [-0.2, 0) is 14.3 Å². The lowest BCUT2D eigenvalue weighted by Crippen LogP contribution is -2.36. The first-order valence-corrected chi connectivity index (χ1v) is 8.97. The number of nitro groups is 1. The Kier molecular flexibility index (Phi) is 5.67. The molecule has 148 valence electrons. The molecule has 0 aromatic heterocycles. The molecule has 0 saturated heterocycles. The van der Waals surface area contributed by atoms with E-state index in [2.05, 4.69) is 5.32 Å². The van der Waals surface area contributed by atoms with Crippen LogP contribution in [0.5, 0.6) is 0 Å². The Morgan fingerprint density at radius 3 is 2.61 bits per heavy atom. The fourth-order valence-electron chi connectivity index (χ4n) is 3.43. The quantitative estimate of drug-likeness (QED) is 0.320. The van der Waals surface area contributed by atoms with Crippen molar-refractivity contribution in [1.82, 2.24) is 10.2 Å². The molecule has 0 radical (unpaired) electrons. The number of amides is 3. The van der Waals surface area contributed by atoms with Crippen molar-refractivity contribution in [1.29, 1.82) is 0 Å². The standard InChI is InChI=1S/C18H19N3O7/c22-14(19-11-4-1-2-5-11)10-28-15(23)8-9-20-17(24)12-6-3-7-13(21(26)27)16(12)18(20)25/h3,6-7,11H,1-2,4-5,8-10H2,(H,19,22). The van der Waals surface area contributed by atoms with Gasteiger partial charge in [-0.1, -0.05) is 18.9 Å². The molecule has 1 aromatic rings. The van der Waals surface area contributed by atoms with Crippen molar-refractivity contribution in [2.24, 2.45) is 0 Å². The van der Waals surface area contributed by atoms with Gasteiger partial charge in [0.25, 0.3) is 23.4 Å². The molecule has 1 saturated carbocycles. The molecular weight excluding hydrogens is 370 g/mol. The van der Waals surface area contributed by atoms with Crippen LogP contribution in [0.25, 0.3) is 0 Å². The average molecular weight is 389 g/mol. The lowest BCUT2D eigenvalue weighted by atomic mass is 10.1. The Balaban J connectivity index is 1.52. The lowest BCUT2D eigenvalue weighted by molar-refractivity contribution is -0.385. The van der Waals surface area contributed by atoms with Gasteiger partial charge in [-0.3, -0.25) is 34.2 Å². The van der Waals surface area contributed by atoms with Crippen LogP contribution in [-0.4, -0.2) is 52.7 Å². The largest absolute Gasteiger partial charge is 0.456 e. The Morgan fingerprint density at radius 2 is 1.93 bits per heavy atom. The molecule has 1 N–H and O–H groups in total. The fraction of sp³-hybridized carbons (Fsp3) is 0.444. The maximum Gasteiger partial charge on any atom is 0.308 e. The summed E-state index contributed by atoms with van der Waals surface area (Å²) in [6.07, 6.45) is 3.62. The van der Waals surface area contributed by atoms with Crippen molar-refractivity contribution in [3.8, 4) is 0 Å². The van der Waals surface area contributed by atoms with Gasteiger partial charge in [0.15, 0.2) is 6.61 Å². The second kappa shape index (κ2) is 8.15. The lowest BCUT2D eigenvalue weighted by Gasteiger charge is -2.14. The Labute approximate surface area is 160 Å². The molecule has 1 heterocycles. The summed E-state index contributed by atoms with van der Waals surface area (Å²) in [5.41, 5.74) is -0.796. The van der Waals surface area contributed by atoms with Crippen molar-refractivity contribution < 1.29 is 28.8 Å². The fourth-order valence-corrected chi connectivity index (χ4v) is 3.43. The summed E-state index contributed by atoms with van der Waals surface area (Å²) in [6, 6.07) is 3.90. The van der Waals surface area contributed by atoms with E-state index >= 15 is 0 Å². The van der Waals surface area contributed by atoms with Crippen LogP contribution in [0.2, 0.25) is 0 Å². The minimum atomic E-state index is -0.820. The van der Waals surface area contributed by atoms with E-state index in [1.54, 1.807) is 0 Å². The van der Waals surface area contributed by atoms with Crippen LogP contribution >= 0.6 is 0 Å². The van der Waals surface area contributed by atoms with Crippen molar-refractivity contribution in [2.75, 3.05) is 13.2 Å². The molecule has 28 heavy (non-hydrogen) atoms. The van der Waals surface area contributed by atoms with Crippen molar-refractivity contribution in [3.05, 3.63) is 39.4 Å². The second-order valence-corrected chi connectivity index (χ2v) is 6.68. The third kappa shape index (κ3) is 4.00. The van der Waals surface area contributed by atoms with Gasteiger partial charge in [-0.05, 0) is 18.9 Å². The van der Waals surface area contributed by atoms with E-state index in [0.29, 0.717) is 0 Å². The van der Waals surface area contributed by atoms with E-state index < -0.39 is 40.9 Å². The summed E-state index contributed by atoms with van der Waals surface area (Å²) in [7, 11) is 0. The Bertz CT molecular complexity index is 846. The number of hydrogen-bond donors (Lipinski definition) is 1. The van der Waals surface area contributed by atoms with Gasteiger partial charge in [-0.2, -0.15) is 0 Å². The van der Waals surface area contributed by atoms with Crippen molar-refractivity contribution in [3.63, 3.8) is 0 Å². The summed E-state index contributed by atoms with van der Waals surface area (Å²) in [5, 5.41) is 13.8. The first-order valence-electron chi connectivity index (χ1n) is 8.97. The van der Waals surface area contributed by atoms with Gasteiger partial charge in [0.05, 0.1) is 16.9 Å². The van der Waals surface area contributed by atoms with Gasteiger partial charge in [0, 0.05) is 18.7 Å². The normalized spacial score (nSPS) is 16.2. The highest BCUT2D eigenvalue weighted by atomic mass is 16.6. The number of imide groups is 1. The summed E-state index contributed by atoms with van der Waals surface area (Å²) in [6.45, 7) is -0.713. The average Bonchev–Trinajstić information content (AvgIpc) is 3.25. The van der Waals surface area contributed by atoms with E-state index in [9.17, 15) is 29.3 Å². The highest BCUT2D eigenvalue weighted by molar-refractivity contribution is 6.23. The van der Waals surface area contributed by atoms with E-state index in [1.165, 1.54) is 12.1 Å². The number of benzene rings is 1. The molecule has 1 aliphatic heterocycles. The van der Waals surface area contributed by atoms with Gasteiger partial charge in [0.2, 0.25) is 0 Å². The van der Waals surface area contributed by atoms with Crippen LogP contribution in [0.4, 0.5) is 5.69 Å². The highest BCUT2D eigenvalue weighted by Crippen LogP contribution is 2.30. The van der Waals surface area contributed by atoms with Gasteiger partial charge < -0.3 is 10.1 Å². The molecule has 1 aromatic carbocycles. The maximum atomic E-state index is 12.4. The number of carbonyl (C=O) groups excluding carboxylic acids is 4. The third-order valence-corrected chi connectivity index (χ3v) is 4.80. The number of carbonyl (C=O) groups is 4. The molecule has 0 spiro atoms. The van der Waals surface area contributed by atoms with Gasteiger partial charge in [-0.25, -0.2) is 0 Å². The first-order chi connectivity index (χ1) is 13.4. The van der Waals surface area contributed by atoms with E-state index in [0.717, 1.165) is 36.6 Å². The molecule has 0 bridgehead atoms. The molecule has 10 heteroatoms. The Morgan fingerprint density at radius 1 is 1.21 bits per heavy atom. The first kappa shape index (κ1) is 19.5. The number of fused-ring (bicyclic) bond motifs is 1. The highest BCUT2D eigenvalue weighted by Gasteiger charge is 2.40. The Hall–Kier alpha value is -3.30. The zero-order chi connectivity index (χ0) is 20.3. The predicted molar refractivity (Wildman–Crippen MR) is 94.4 cm³/mol. The number of nitrogens with one attached hydrogen (secondary N) is 1. The number of hydrogen-bond acceptors (Lipinski definition) is 7. The molecule has 2 aliphatic rings. The molecule has 1 aliphatic carbocycles. The monoisotopic (exact) mass is 389 g/mol. The van der Waals surface area contributed by atoms with Crippen LogP contribution in [0.3, 0.4) is 0 Å².